The molecule has 0 aliphatic heterocycles. The van der Waals surface area contributed by atoms with Crippen molar-refractivity contribution in [2.75, 3.05) is 26.3 Å². The highest BCUT2D eigenvalue weighted by molar-refractivity contribution is 14.0. The van der Waals surface area contributed by atoms with Gasteiger partial charge in [0.1, 0.15) is 0 Å². The van der Waals surface area contributed by atoms with Gasteiger partial charge in [0.25, 0.3) is 0 Å². The average molecular weight is 381 g/mol. The van der Waals surface area contributed by atoms with Crippen LogP contribution in [0.1, 0.15) is 39.5 Å². The molecule has 1 aliphatic carbocycles. The Labute approximate surface area is 134 Å². The molecule has 0 aromatic carbocycles. The first-order valence-electron chi connectivity index (χ1n) is 7.14. The van der Waals surface area contributed by atoms with Gasteiger partial charge in [0, 0.05) is 19.2 Å². The highest BCUT2D eigenvalue weighted by Crippen LogP contribution is 2.08. The number of hydrogen-bond acceptors (Lipinski definition) is 2. The minimum absolute atomic E-state index is 0. The zero-order chi connectivity index (χ0) is 13.1. The minimum Gasteiger partial charge on any atom is -0.380 e. The van der Waals surface area contributed by atoms with Crippen molar-refractivity contribution < 1.29 is 4.74 Å². The van der Waals surface area contributed by atoms with E-state index >= 15 is 0 Å². The van der Waals surface area contributed by atoms with Gasteiger partial charge in [0.15, 0.2) is 5.96 Å². The van der Waals surface area contributed by atoms with Gasteiger partial charge in [0.2, 0.25) is 0 Å². The molecule has 0 aromatic heterocycles. The summed E-state index contributed by atoms with van der Waals surface area (Å²) >= 11 is 0. The molecule has 0 radical (unpaired) electrons. The van der Waals surface area contributed by atoms with Crippen LogP contribution < -0.4 is 10.6 Å². The third kappa shape index (κ3) is 9.27. The highest BCUT2D eigenvalue weighted by Gasteiger charge is 2.10. The second kappa shape index (κ2) is 12.7. The molecular formula is C14H28IN3O. The Hall–Kier alpha value is -0.300. The van der Waals surface area contributed by atoms with Crippen molar-refractivity contribution in [1.82, 2.24) is 10.6 Å². The van der Waals surface area contributed by atoms with Crippen LogP contribution in [-0.2, 0) is 4.74 Å². The Morgan fingerprint density at radius 1 is 1.26 bits per heavy atom. The van der Waals surface area contributed by atoms with E-state index in [-0.39, 0.29) is 24.0 Å². The smallest absolute Gasteiger partial charge is 0.191 e. The molecule has 19 heavy (non-hydrogen) atoms. The lowest BCUT2D eigenvalue weighted by Gasteiger charge is -2.16. The predicted molar refractivity (Wildman–Crippen MR) is 92.4 cm³/mol. The maximum atomic E-state index is 5.50. The van der Waals surface area contributed by atoms with Gasteiger partial charge in [-0.3, -0.25) is 4.99 Å². The first kappa shape index (κ1) is 18.7. The SMILES string of the molecule is CCCCOCCN=C(NCC)NC1CC=CC1.I. The molecule has 0 spiro atoms. The first-order valence-corrected chi connectivity index (χ1v) is 7.14. The molecule has 0 saturated heterocycles. The molecule has 0 unspecified atom stereocenters. The molecule has 0 fully saturated rings. The zero-order valence-electron chi connectivity index (χ0n) is 12.2. The van der Waals surface area contributed by atoms with Gasteiger partial charge in [-0.1, -0.05) is 25.5 Å². The van der Waals surface area contributed by atoms with E-state index in [1.165, 1.54) is 6.42 Å². The molecule has 0 heterocycles. The van der Waals surface area contributed by atoms with Crippen LogP contribution >= 0.6 is 24.0 Å². The lowest BCUT2D eigenvalue weighted by Crippen LogP contribution is -2.42. The molecule has 112 valence electrons. The number of ether oxygens (including phenoxy) is 1. The monoisotopic (exact) mass is 381 g/mol. The van der Waals surface area contributed by atoms with Gasteiger partial charge in [0.05, 0.1) is 13.2 Å². The summed E-state index contributed by atoms with van der Waals surface area (Å²) in [5.41, 5.74) is 0. The highest BCUT2D eigenvalue weighted by atomic mass is 127. The summed E-state index contributed by atoms with van der Waals surface area (Å²) in [6.45, 7) is 7.43. The molecule has 1 rings (SSSR count). The average Bonchev–Trinajstić information content (AvgIpc) is 2.86. The van der Waals surface area contributed by atoms with Gasteiger partial charge in [-0.05, 0) is 26.2 Å². The Morgan fingerprint density at radius 3 is 2.63 bits per heavy atom. The van der Waals surface area contributed by atoms with E-state index in [4.69, 9.17) is 4.74 Å². The van der Waals surface area contributed by atoms with Gasteiger partial charge in [-0.2, -0.15) is 0 Å². The Kier molecular flexibility index (Phi) is 12.5. The van der Waals surface area contributed by atoms with Crippen LogP contribution in [0.25, 0.3) is 0 Å². The number of aliphatic imine (C=N–C) groups is 1. The van der Waals surface area contributed by atoms with Crippen molar-refractivity contribution in [2.45, 2.75) is 45.6 Å². The summed E-state index contributed by atoms with van der Waals surface area (Å²) in [5.74, 6) is 0.908. The number of halogens is 1. The number of nitrogens with one attached hydrogen (secondary N) is 2. The van der Waals surface area contributed by atoms with Crippen LogP contribution in [0.4, 0.5) is 0 Å². The summed E-state index contributed by atoms with van der Waals surface area (Å²) in [4.78, 5) is 4.52. The van der Waals surface area contributed by atoms with Gasteiger partial charge < -0.3 is 15.4 Å². The summed E-state index contributed by atoms with van der Waals surface area (Å²) < 4.78 is 5.50. The van der Waals surface area contributed by atoms with Crippen LogP contribution in [0.2, 0.25) is 0 Å². The molecule has 5 heteroatoms. The Bertz CT molecular complexity index is 261. The Balaban J connectivity index is 0.00000324. The number of guanidine groups is 1. The summed E-state index contributed by atoms with van der Waals surface area (Å²) in [6, 6.07) is 0.504. The van der Waals surface area contributed by atoms with E-state index in [9.17, 15) is 0 Å². The van der Waals surface area contributed by atoms with Crippen LogP contribution in [-0.4, -0.2) is 38.3 Å². The first-order chi connectivity index (χ1) is 8.86. The predicted octanol–water partition coefficient (Wildman–Crippen LogP) is 2.69. The van der Waals surface area contributed by atoms with E-state index in [1.807, 2.05) is 0 Å². The topological polar surface area (TPSA) is 45.6 Å². The lowest BCUT2D eigenvalue weighted by molar-refractivity contribution is 0.139. The third-order valence-corrected chi connectivity index (χ3v) is 2.84. The van der Waals surface area contributed by atoms with Gasteiger partial charge in [-0.15, -0.1) is 24.0 Å². The molecular weight excluding hydrogens is 353 g/mol. The van der Waals surface area contributed by atoms with Crippen molar-refractivity contribution in [2.24, 2.45) is 4.99 Å². The number of rotatable bonds is 8. The minimum atomic E-state index is 0. The van der Waals surface area contributed by atoms with Crippen LogP contribution in [0.5, 0.6) is 0 Å². The van der Waals surface area contributed by atoms with E-state index in [0.29, 0.717) is 12.6 Å². The van der Waals surface area contributed by atoms with Crippen molar-refractivity contribution in [3.05, 3.63) is 12.2 Å². The summed E-state index contributed by atoms with van der Waals surface area (Å²) in [7, 11) is 0. The zero-order valence-corrected chi connectivity index (χ0v) is 14.5. The summed E-state index contributed by atoms with van der Waals surface area (Å²) in [5, 5.41) is 6.71. The van der Waals surface area contributed by atoms with E-state index in [0.717, 1.165) is 44.9 Å². The second-order valence-electron chi connectivity index (χ2n) is 4.51. The fourth-order valence-electron chi connectivity index (χ4n) is 1.82. The molecule has 0 amide bonds. The molecule has 0 bridgehead atoms. The maximum Gasteiger partial charge on any atom is 0.191 e. The van der Waals surface area contributed by atoms with Gasteiger partial charge >= 0.3 is 0 Å². The molecule has 2 N–H and O–H groups in total. The second-order valence-corrected chi connectivity index (χ2v) is 4.51. The van der Waals surface area contributed by atoms with Crippen molar-refractivity contribution >= 4 is 29.9 Å². The number of hydrogen-bond donors (Lipinski definition) is 2. The van der Waals surface area contributed by atoms with Gasteiger partial charge in [-0.25, -0.2) is 0 Å². The van der Waals surface area contributed by atoms with Crippen LogP contribution in [0.3, 0.4) is 0 Å². The fraction of sp³-hybridized carbons (Fsp3) is 0.786. The van der Waals surface area contributed by atoms with E-state index < -0.39 is 0 Å². The van der Waals surface area contributed by atoms with Crippen LogP contribution in [0, 0.1) is 0 Å². The summed E-state index contributed by atoms with van der Waals surface area (Å²) in [6.07, 6.45) is 8.94. The number of nitrogens with zero attached hydrogens (tertiary/aromatic N) is 1. The van der Waals surface area contributed by atoms with Crippen molar-refractivity contribution in [3.8, 4) is 0 Å². The third-order valence-electron chi connectivity index (χ3n) is 2.84. The van der Waals surface area contributed by atoms with E-state index in [1.54, 1.807) is 0 Å². The fourth-order valence-corrected chi connectivity index (χ4v) is 1.82. The Morgan fingerprint density at radius 2 is 2.00 bits per heavy atom. The molecule has 4 nitrogen and oxygen atoms in total. The molecule has 0 atom stereocenters. The van der Waals surface area contributed by atoms with E-state index in [2.05, 4.69) is 41.6 Å². The quantitative estimate of drug-likeness (QED) is 0.223. The number of unbranched alkanes of at least 4 members (excludes halogenated alkanes) is 1. The van der Waals surface area contributed by atoms with Crippen molar-refractivity contribution in [3.63, 3.8) is 0 Å². The van der Waals surface area contributed by atoms with Crippen molar-refractivity contribution in [1.29, 1.82) is 0 Å². The molecule has 0 aromatic rings. The maximum absolute atomic E-state index is 5.50. The largest absolute Gasteiger partial charge is 0.380 e. The van der Waals surface area contributed by atoms with Crippen LogP contribution in [0.15, 0.2) is 17.1 Å². The molecule has 1 aliphatic rings. The lowest BCUT2D eigenvalue weighted by atomic mass is 10.2. The molecule has 0 saturated carbocycles. The standard InChI is InChI=1S/C14H27N3O.HI/c1-3-5-11-18-12-10-16-14(15-4-2)17-13-8-6-7-9-13;/h6-7,13H,3-5,8-12H2,1-2H3,(H2,15,16,17);1H. The normalized spacial score (nSPS) is 15.4.